The Hall–Kier alpha value is -1.74. The molecule has 0 amide bonds. The first-order valence-electron chi connectivity index (χ1n) is 6.58. The second kappa shape index (κ2) is 4.98. The van der Waals surface area contributed by atoms with Crippen molar-refractivity contribution in [3.05, 3.63) is 52.8 Å². The fraction of sp³-hybridized carbons (Fsp3) is 0.312. The van der Waals surface area contributed by atoms with Crippen LogP contribution in [0, 0.1) is 0 Å². The van der Waals surface area contributed by atoms with Gasteiger partial charge in [0.1, 0.15) is 17.4 Å². The normalized spacial score (nSPS) is 15.6. The van der Waals surface area contributed by atoms with E-state index in [1.165, 1.54) is 5.56 Å². The van der Waals surface area contributed by atoms with Gasteiger partial charge in [-0.05, 0) is 26.0 Å². The minimum Gasteiger partial charge on any atom is -0.485 e. The van der Waals surface area contributed by atoms with Crippen LogP contribution in [0.3, 0.4) is 0 Å². The van der Waals surface area contributed by atoms with E-state index >= 15 is 0 Å². The van der Waals surface area contributed by atoms with Crippen molar-refractivity contribution in [3.63, 3.8) is 0 Å². The summed E-state index contributed by atoms with van der Waals surface area (Å²) in [6.07, 6.45) is 2.56. The largest absolute Gasteiger partial charge is 0.485 e. The summed E-state index contributed by atoms with van der Waals surface area (Å²) in [6.45, 7) is 4.54. The third kappa shape index (κ3) is 2.59. The van der Waals surface area contributed by atoms with E-state index in [4.69, 9.17) is 21.1 Å². The lowest BCUT2D eigenvalue weighted by Gasteiger charge is -2.18. The second-order valence-corrected chi connectivity index (χ2v) is 5.88. The third-order valence-electron chi connectivity index (χ3n) is 3.27. The standard InChI is InChI=1S/C16H16ClNO2/c1-16(2)9-11-5-3-7-13(14(11)20-16)19-10-12-6-4-8-18-15(12)17/h3-8H,9-10H2,1-2H3. The number of pyridine rings is 1. The molecule has 0 bridgehead atoms. The smallest absolute Gasteiger partial charge is 0.165 e. The lowest BCUT2D eigenvalue weighted by Crippen LogP contribution is -2.24. The zero-order valence-electron chi connectivity index (χ0n) is 11.5. The number of rotatable bonds is 3. The van der Waals surface area contributed by atoms with Gasteiger partial charge in [-0.25, -0.2) is 4.98 Å². The molecule has 1 aliphatic rings. The van der Waals surface area contributed by atoms with Crippen LogP contribution in [0.5, 0.6) is 11.5 Å². The molecule has 0 unspecified atom stereocenters. The van der Waals surface area contributed by atoms with Crippen LogP contribution in [0.25, 0.3) is 0 Å². The molecular formula is C16H16ClNO2. The minimum atomic E-state index is -0.173. The lowest BCUT2D eigenvalue weighted by atomic mass is 10.0. The van der Waals surface area contributed by atoms with Crippen LogP contribution in [0.4, 0.5) is 0 Å². The molecule has 0 saturated heterocycles. The van der Waals surface area contributed by atoms with E-state index in [2.05, 4.69) is 24.9 Å². The summed E-state index contributed by atoms with van der Waals surface area (Å²) < 4.78 is 11.8. The molecule has 3 rings (SSSR count). The molecule has 104 valence electrons. The zero-order chi connectivity index (χ0) is 14.2. The summed E-state index contributed by atoms with van der Waals surface area (Å²) in [5, 5.41) is 0.473. The summed E-state index contributed by atoms with van der Waals surface area (Å²) in [6, 6.07) is 9.74. The van der Waals surface area contributed by atoms with Gasteiger partial charge in [0.2, 0.25) is 0 Å². The highest BCUT2D eigenvalue weighted by Crippen LogP contribution is 2.42. The van der Waals surface area contributed by atoms with E-state index < -0.39 is 0 Å². The maximum absolute atomic E-state index is 6.03. The molecule has 0 fully saturated rings. The van der Waals surface area contributed by atoms with E-state index in [9.17, 15) is 0 Å². The third-order valence-corrected chi connectivity index (χ3v) is 3.61. The van der Waals surface area contributed by atoms with Gasteiger partial charge in [0.05, 0.1) is 0 Å². The molecule has 0 spiro atoms. The summed E-state index contributed by atoms with van der Waals surface area (Å²) in [5.41, 5.74) is 1.88. The van der Waals surface area contributed by atoms with E-state index in [-0.39, 0.29) is 5.60 Å². The molecule has 1 aromatic carbocycles. The molecule has 0 radical (unpaired) electrons. The average Bonchev–Trinajstić information content (AvgIpc) is 2.72. The Bertz CT molecular complexity index is 640. The maximum Gasteiger partial charge on any atom is 0.165 e. The average molecular weight is 290 g/mol. The predicted molar refractivity (Wildman–Crippen MR) is 78.4 cm³/mol. The molecule has 0 atom stereocenters. The Morgan fingerprint density at radius 3 is 2.95 bits per heavy atom. The first-order chi connectivity index (χ1) is 9.55. The van der Waals surface area contributed by atoms with Crippen LogP contribution in [0.2, 0.25) is 5.15 Å². The van der Waals surface area contributed by atoms with Crippen molar-refractivity contribution in [2.45, 2.75) is 32.5 Å². The highest BCUT2D eigenvalue weighted by Gasteiger charge is 2.32. The highest BCUT2D eigenvalue weighted by atomic mass is 35.5. The van der Waals surface area contributed by atoms with Crippen molar-refractivity contribution in [1.82, 2.24) is 4.98 Å². The molecule has 0 aliphatic carbocycles. The minimum absolute atomic E-state index is 0.173. The topological polar surface area (TPSA) is 31.4 Å². The van der Waals surface area contributed by atoms with Crippen molar-refractivity contribution >= 4 is 11.6 Å². The molecule has 1 aromatic heterocycles. The zero-order valence-corrected chi connectivity index (χ0v) is 12.3. The van der Waals surface area contributed by atoms with Gasteiger partial charge in [-0.1, -0.05) is 29.8 Å². The Balaban J connectivity index is 1.80. The van der Waals surface area contributed by atoms with Crippen molar-refractivity contribution in [3.8, 4) is 11.5 Å². The van der Waals surface area contributed by atoms with Gasteiger partial charge in [0.15, 0.2) is 11.5 Å². The van der Waals surface area contributed by atoms with Gasteiger partial charge < -0.3 is 9.47 Å². The lowest BCUT2D eigenvalue weighted by molar-refractivity contribution is 0.131. The number of aromatic nitrogens is 1. The summed E-state index contributed by atoms with van der Waals surface area (Å²) in [5.74, 6) is 1.60. The quantitative estimate of drug-likeness (QED) is 0.800. The van der Waals surface area contributed by atoms with Crippen LogP contribution in [-0.2, 0) is 13.0 Å². The Morgan fingerprint density at radius 1 is 1.30 bits per heavy atom. The van der Waals surface area contributed by atoms with Crippen molar-refractivity contribution in [2.75, 3.05) is 0 Å². The van der Waals surface area contributed by atoms with Crippen LogP contribution in [-0.4, -0.2) is 10.6 Å². The molecule has 0 N–H and O–H groups in total. The van der Waals surface area contributed by atoms with Crippen molar-refractivity contribution in [1.29, 1.82) is 0 Å². The number of hydrogen-bond donors (Lipinski definition) is 0. The van der Waals surface area contributed by atoms with Gasteiger partial charge in [0, 0.05) is 23.7 Å². The number of benzene rings is 1. The van der Waals surface area contributed by atoms with E-state index in [0.717, 1.165) is 23.5 Å². The number of fused-ring (bicyclic) bond motifs is 1. The van der Waals surface area contributed by atoms with Crippen LogP contribution >= 0.6 is 11.6 Å². The fourth-order valence-electron chi connectivity index (χ4n) is 2.38. The number of halogens is 1. The summed E-state index contributed by atoms with van der Waals surface area (Å²) in [7, 11) is 0. The van der Waals surface area contributed by atoms with Gasteiger partial charge in [-0.2, -0.15) is 0 Å². The van der Waals surface area contributed by atoms with Crippen molar-refractivity contribution in [2.24, 2.45) is 0 Å². The number of nitrogens with zero attached hydrogens (tertiary/aromatic N) is 1. The van der Waals surface area contributed by atoms with Crippen LogP contribution in [0.15, 0.2) is 36.5 Å². The molecule has 20 heavy (non-hydrogen) atoms. The van der Waals surface area contributed by atoms with Gasteiger partial charge in [-0.3, -0.25) is 0 Å². The number of hydrogen-bond acceptors (Lipinski definition) is 3. The van der Waals surface area contributed by atoms with Gasteiger partial charge in [0.25, 0.3) is 0 Å². The number of ether oxygens (including phenoxy) is 2. The molecule has 2 aromatic rings. The molecular weight excluding hydrogens is 274 g/mol. The summed E-state index contributed by atoms with van der Waals surface area (Å²) >= 11 is 6.03. The van der Waals surface area contributed by atoms with Crippen molar-refractivity contribution < 1.29 is 9.47 Å². The first kappa shape index (κ1) is 13.3. The fourth-order valence-corrected chi connectivity index (χ4v) is 2.56. The Morgan fingerprint density at radius 2 is 2.15 bits per heavy atom. The summed E-state index contributed by atoms with van der Waals surface area (Å²) in [4.78, 5) is 4.04. The van der Waals surface area contributed by atoms with E-state index in [1.54, 1.807) is 6.20 Å². The molecule has 1 aliphatic heterocycles. The van der Waals surface area contributed by atoms with Crippen LogP contribution < -0.4 is 9.47 Å². The molecule has 4 heteroatoms. The molecule has 0 saturated carbocycles. The Kier molecular flexibility index (Phi) is 3.30. The van der Waals surface area contributed by atoms with Gasteiger partial charge in [-0.15, -0.1) is 0 Å². The number of para-hydroxylation sites is 1. The predicted octanol–water partition coefficient (Wildman–Crippen LogP) is 4.03. The van der Waals surface area contributed by atoms with Crippen LogP contribution in [0.1, 0.15) is 25.0 Å². The van der Waals surface area contributed by atoms with Gasteiger partial charge >= 0.3 is 0 Å². The monoisotopic (exact) mass is 289 g/mol. The SMILES string of the molecule is CC1(C)Cc2cccc(OCc3cccnc3Cl)c2O1. The first-order valence-corrected chi connectivity index (χ1v) is 6.96. The molecule has 2 heterocycles. The van der Waals surface area contributed by atoms with E-state index in [0.29, 0.717) is 11.8 Å². The second-order valence-electron chi connectivity index (χ2n) is 5.52. The molecule has 3 nitrogen and oxygen atoms in total. The maximum atomic E-state index is 6.03. The Labute approximate surface area is 123 Å². The van der Waals surface area contributed by atoms with E-state index in [1.807, 2.05) is 24.3 Å². The highest BCUT2D eigenvalue weighted by molar-refractivity contribution is 6.30.